The second-order valence-corrected chi connectivity index (χ2v) is 5.40. The number of ether oxygens (including phenoxy) is 1. The third-order valence-electron chi connectivity index (χ3n) is 1.94. The van der Waals surface area contributed by atoms with Crippen LogP contribution in [-0.4, -0.2) is 27.4 Å². The SMILES string of the molecule is CC(F)(F)Cn1cc(C#N)c(NC(=O)OC(C)(C)C)n1. The van der Waals surface area contributed by atoms with Gasteiger partial charge in [-0.3, -0.25) is 10.00 Å². The number of nitriles is 1. The quantitative estimate of drug-likeness (QED) is 0.926. The summed E-state index contributed by atoms with van der Waals surface area (Å²) in [4.78, 5) is 11.6. The summed E-state index contributed by atoms with van der Waals surface area (Å²) in [7, 11) is 0. The normalized spacial score (nSPS) is 11.8. The predicted octanol–water partition coefficient (Wildman–Crippen LogP) is 2.76. The fourth-order valence-corrected chi connectivity index (χ4v) is 1.36. The van der Waals surface area contributed by atoms with Gasteiger partial charge in [0.15, 0.2) is 5.82 Å². The van der Waals surface area contributed by atoms with Gasteiger partial charge in [-0.15, -0.1) is 0 Å². The maximum atomic E-state index is 12.9. The summed E-state index contributed by atoms with van der Waals surface area (Å²) in [6.45, 7) is 5.08. The van der Waals surface area contributed by atoms with Gasteiger partial charge in [-0.1, -0.05) is 0 Å². The molecule has 0 aliphatic heterocycles. The number of halogens is 2. The van der Waals surface area contributed by atoms with Crippen LogP contribution in [0, 0.1) is 11.3 Å². The number of rotatable bonds is 3. The third-order valence-corrected chi connectivity index (χ3v) is 1.94. The molecule has 0 unspecified atom stereocenters. The molecule has 6 nitrogen and oxygen atoms in total. The largest absolute Gasteiger partial charge is 0.444 e. The van der Waals surface area contributed by atoms with Gasteiger partial charge in [-0.25, -0.2) is 13.6 Å². The van der Waals surface area contributed by atoms with Crippen LogP contribution in [0.15, 0.2) is 6.20 Å². The van der Waals surface area contributed by atoms with Crippen molar-refractivity contribution in [3.05, 3.63) is 11.8 Å². The Bertz CT molecular complexity index is 535. The van der Waals surface area contributed by atoms with Crippen molar-refractivity contribution in [2.75, 3.05) is 5.32 Å². The summed E-state index contributed by atoms with van der Waals surface area (Å²) >= 11 is 0. The zero-order valence-corrected chi connectivity index (χ0v) is 11.7. The molecule has 1 heterocycles. The highest BCUT2D eigenvalue weighted by Crippen LogP contribution is 2.18. The number of alkyl halides is 2. The van der Waals surface area contributed by atoms with E-state index in [9.17, 15) is 13.6 Å². The van der Waals surface area contributed by atoms with Crippen molar-refractivity contribution in [2.45, 2.75) is 45.8 Å². The van der Waals surface area contributed by atoms with E-state index in [-0.39, 0.29) is 11.4 Å². The van der Waals surface area contributed by atoms with Gasteiger partial charge in [0.2, 0.25) is 0 Å². The Morgan fingerprint density at radius 1 is 1.50 bits per heavy atom. The minimum Gasteiger partial charge on any atom is -0.444 e. The lowest BCUT2D eigenvalue weighted by Gasteiger charge is -2.19. The molecule has 0 aliphatic rings. The standard InChI is InChI=1S/C12H16F2N4O2/c1-11(2,3)20-10(19)16-9-8(5-15)6-18(17-9)7-12(4,13)14/h6H,7H2,1-4H3,(H,16,17,19). The maximum Gasteiger partial charge on any atom is 0.413 e. The molecule has 8 heteroatoms. The summed E-state index contributed by atoms with van der Waals surface area (Å²) in [6.07, 6.45) is 0.340. The molecule has 20 heavy (non-hydrogen) atoms. The lowest BCUT2D eigenvalue weighted by atomic mass is 10.2. The van der Waals surface area contributed by atoms with Gasteiger partial charge < -0.3 is 4.74 Å². The highest BCUT2D eigenvalue weighted by Gasteiger charge is 2.24. The molecule has 0 fully saturated rings. The zero-order valence-electron chi connectivity index (χ0n) is 11.7. The molecule has 0 bridgehead atoms. The van der Waals surface area contributed by atoms with E-state index in [4.69, 9.17) is 10.00 Å². The van der Waals surface area contributed by atoms with Gasteiger partial charge in [0.25, 0.3) is 5.92 Å². The van der Waals surface area contributed by atoms with Crippen molar-refractivity contribution >= 4 is 11.9 Å². The topological polar surface area (TPSA) is 79.9 Å². The predicted molar refractivity (Wildman–Crippen MR) is 67.4 cm³/mol. The second kappa shape index (κ2) is 5.45. The Balaban J connectivity index is 2.85. The van der Waals surface area contributed by atoms with Crippen LogP contribution in [0.4, 0.5) is 19.4 Å². The van der Waals surface area contributed by atoms with E-state index in [0.29, 0.717) is 0 Å². The van der Waals surface area contributed by atoms with E-state index in [1.54, 1.807) is 26.8 Å². The average Bonchev–Trinajstić information content (AvgIpc) is 2.53. The molecule has 0 aromatic carbocycles. The minimum atomic E-state index is -2.97. The van der Waals surface area contributed by atoms with Crippen molar-refractivity contribution in [1.82, 2.24) is 9.78 Å². The summed E-state index contributed by atoms with van der Waals surface area (Å²) in [5.41, 5.74) is -0.726. The Hall–Kier alpha value is -2.17. The van der Waals surface area contributed by atoms with Crippen LogP contribution in [0.3, 0.4) is 0 Å². The molecule has 0 spiro atoms. The lowest BCUT2D eigenvalue weighted by molar-refractivity contribution is 0.000674. The summed E-state index contributed by atoms with van der Waals surface area (Å²) in [5.74, 6) is -3.08. The molecule has 0 aliphatic carbocycles. The molecule has 0 saturated carbocycles. The monoisotopic (exact) mass is 286 g/mol. The van der Waals surface area contributed by atoms with E-state index in [1.165, 1.54) is 0 Å². The summed E-state index contributed by atoms with van der Waals surface area (Å²) in [5, 5.41) is 14.9. The van der Waals surface area contributed by atoms with Crippen LogP contribution in [-0.2, 0) is 11.3 Å². The minimum absolute atomic E-state index is 0.0138. The summed E-state index contributed by atoms with van der Waals surface area (Å²) < 4.78 is 31.7. The molecule has 110 valence electrons. The Morgan fingerprint density at radius 2 is 2.10 bits per heavy atom. The Kier molecular flexibility index (Phi) is 4.33. The number of nitrogens with one attached hydrogen (secondary N) is 1. The van der Waals surface area contributed by atoms with E-state index in [2.05, 4.69) is 10.4 Å². The van der Waals surface area contributed by atoms with Gasteiger partial charge in [0.1, 0.15) is 23.8 Å². The number of anilines is 1. The Morgan fingerprint density at radius 3 is 2.55 bits per heavy atom. The molecular weight excluding hydrogens is 270 g/mol. The van der Waals surface area contributed by atoms with Gasteiger partial charge in [-0.2, -0.15) is 10.4 Å². The summed E-state index contributed by atoms with van der Waals surface area (Å²) in [6, 6.07) is 1.77. The van der Waals surface area contributed by atoms with E-state index in [1.807, 2.05) is 0 Å². The fraction of sp³-hybridized carbons (Fsp3) is 0.583. The van der Waals surface area contributed by atoms with E-state index >= 15 is 0 Å². The average molecular weight is 286 g/mol. The molecular formula is C12H16F2N4O2. The number of carbonyl (C=O) groups is 1. The van der Waals surface area contributed by atoms with Crippen LogP contribution in [0.1, 0.15) is 33.3 Å². The molecule has 0 atom stereocenters. The van der Waals surface area contributed by atoms with Crippen molar-refractivity contribution < 1.29 is 18.3 Å². The van der Waals surface area contributed by atoms with Crippen molar-refractivity contribution in [3.8, 4) is 6.07 Å². The first-order valence-corrected chi connectivity index (χ1v) is 5.85. The number of aromatic nitrogens is 2. The number of hydrogen-bond donors (Lipinski definition) is 1. The smallest absolute Gasteiger partial charge is 0.413 e. The zero-order chi connectivity index (χ0) is 15.6. The number of nitrogens with zero attached hydrogens (tertiary/aromatic N) is 3. The van der Waals surface area contributed by atoms with Crippen LogP contribution in [0.25, 0.3) is 0 Å². The molecule has 1 aromatic rings. The van der Waals surface area contributed by atoms with Gasteiger partial charge >= 0.3 is 6.09 Å². The number of carbonyl (C=O) groups excluding carboxylic acids is 1. The van der Waals surface area contributed by atoms with Crippen molar-refractivity contribution in [3.63, 3.8) is 0 Å². The highest BCUT2D eigenvalue weighted by atomic mass is 19.3. The van der Waals surface area contributed by atoms with Crippen LogP contribution >= 0.6 is 0 Å². The molecule has 0 radical (unpaired) electrons. The molecule has 1 N–H and O–H groups in total. The molecule has 1 aromatic heterocycles. The molecule has 0 saturated heterocycles. The second-order valence-electron chi connectivity index (χ2n) is 5.40. The third kappa shape index (κ3) is 5.22. The van der Waals surface area contributed by atoms with E-state index < -0.39 is 24.2 Å². The molecule has 1 amide bonds. The molecule has 1 rings (SSSR count). The van der Waals surface area contributed by atoms with Crippen LogP contribution in [0.2, 0.25) is 0 Å². The first-order valence-electron chi connectivity index (χ1n) is 5.85. The lowest BCUT2D eigenvalue weighted by Crippen LogP contribution is -2.27. The Labute approximate surface area is 115 Å². The van der Waals surface area contributed by atoms with Gasteiger partial charge in [-0.05, 0) is 20.8 Å². The number of hydrogen-bond acceptors (Lipinski definition) is 4. The van der Waals surface area contributed by atoms with Crippen LogP contribution < -0.4 is 5.32 Å². The number of amides is 1. The van der Waals surface area contributed by atoms with Crippen molar-refractivity contribution in [2.24, 2.45) is 0 Å². The first kappa shape index (κ1) is 15.9. The highest BCUT2D eigenvalue weighted by molar-refractivity contribution is 5.85. The first-order chi connectivity index (χ1) is 9.00. The maximum absolute atomic E-state index is 12.9. The van der Waals surface area contributed by atoms with E-state index in [0.717, 1.165) is 17.8 Å². The fourth-order valence-electron chi connectivity index (χ4n) is 1.36. The van der Waals surface area contributed by atoms with Crippen LogP contribution in [0.5, 0.6) is 0 Å². The van der Waals surface area contributed by atoms with Gasteiger partial charge in [0.05, 0.1) is 0 Å². The van der Waals surface area contributed by atoms with Crippen molar-refractivity contribution in [1.29, 1.82) is 5.26 Å². The van der Waals surface area contributed by atoms with Gasteiger partial charge in [0, 0.05) is 13.1 Å².